The lowest BCUT2D eigenvalue weighted by Crippen LogP contribution is -2.30. The fraction of sp³-hybridized carbons (Fsp3) is 0.238. The van der Waals surface area contributed by atoms with Crippen molar-refractivity contribution in [3.8, 4) is 0 Å². The number of hydrogen-bond acceptors (Lipinski definition) is 3. The lowest BCUT2D eigenvalue weighted by atomic mass is 9.98. The van der Waals surface area contributed by atoms with Gasteiger partial charge in [0.1, 0.15) is 5.58 Å². The molecule has 1 aliphatic heterocycles. The average molecular weight is 412 g/mol. The van der Waals surface area contributed by atoms with Crippen LogP contribution in [0.3, 0.4) is 0 Å². The molecule has 0 fully saturated rings. The third-order valence-electron chi connectivity index (χ3n) is 4.79. The summed E-state index contributed by atoms with van der Waals surface area (Å²) in [6.07, 6.45) is 1.84. The highest BCUT2D eigenvalue weighted by Crippen LogP contribution is 2.38. The third-order valence-corrected chi connectivity index (χ3v) is 5.28. The molecule has 5 heteroatoms. The van der Waals surface area contributed by atoms with E-state index < -0.39 is 6.04 Å². The highest BCUT2D eigenvalue weighted by molar-refractivity contribution is 9.10. The summed E-state index contributed by atoms with van der Waals surface area (Å²) in [6.45, 7) is 2.67. The number of hydrogen-bond donors (Lipinski definition) is 0. The van der Waals surface area contributed by atoms with Crippen molar-refractivity contribution in [1.82, 2.24) is 4.90 Å². The van der Waals surface area contributed by atoms with Crippen molar-refractivity contribution in [2.75, 3.05) is 6.54 Å². The summed E-state index contributed by atoms with van der Waals surface area (Å²) in [4.78, 5) is 28.0. The van der Waals surface area contributed by atoms with E-state index >= 15 is 0 Å². The normalized spacial score (nSPS) is 16.3. The van der Waals surface area contributed by atoms with Crippen LogP contribution >= 0.6 is 15.9 Å². The molecule has 0 aliphatic carbocycles. The van der Waals surface area contributed by atoms with Crippen molar-refractivity contribution < 1.29 is 9.21 Å². The molecule has 132 valence electrons. The van der Waals surface area contributed by atoms with Crippen LogP contribution in [0.2, 0.25) is 0 Å². The smallest absolute Gasteiger partial charge is 0.290 e. The fourth-order valence-corrected chi connectivity index (χ4v) is 3.97. The van der Waals surface area contributed by atoms with Gasteiger partial charge in [0, 0.05) is 11.0 Å². The van der Waals surface area contributed by atoms with Crippen molar-refractivity contribution in [1.29, 1.82) is 0 Å². The Kier molecular flexibility index (Phi) is 4.41. The Morgan fingerprint density at radius 1 is 1.12 bits per heavy atom. The molecule has 1 aromatic heterocycles. The quantitative estimate of drug-likeness (QED) is 0.613. The highest BCUT2D eigenvalue weighted by Gasteiger charge is 2.42. The van der Waals surface area contributed by atoms with Gasteiger partial charge in [-0.25, -0.2) is 0 Å². The second-order valence-electron chi connectivity index (χ2n) is 6.48. The number of carbonyl (C=O) groups is 1. The Morgan fingerprint density at radius 3 is 2.69 bits per heavy atom. The molecule has 0 saturated carbocycles. The average Bonchev–Trinajstić information content (AvgIpc) is 2.93. The number of benzene rings is 2. The minimum atomic E-state index is -0.414. The van der Waals surface area contributed by atoms with E-state index in [9.17, 15) is 9.59 Å². The first-order valence-electron chi connectivity index (χ1n) is 8.74. The first-order valence-corrected chi connectivity index (χ1v) is 9.53. The van der Waals surface area contributed by atoms with Gasteiger partial charge in [-0.3, -0.25) is 9.59 Å². The largest absolute Gasteiger partial charge is 0.450 e. The maximum absolute atomic E-state index is 13.2. The Hall–Kier alpha value is -2.40. The number of para-hydroxylation sites is 1. The van der Waals surface area contributed by atoms with E-state index in [1.807, 2.05) is 30.3 Å². The molecule has 0 saturated heterocycles. The van der Waals surface area contributed by atoms with E-state index in [0.717, 1.165) is 22.9 Å². The summed E-state index contributed by atoms with van der Waals surface area (Å²) in [7, 11) is 0. The van der Waals surface area contributed by atoms with Crippen LogP contribution in [-0.4, -0.2) is 17.4 Å². The van der Waals surface area contributed by atoms with E-state index in [4.69, 9.17) is 4.42 Å². The van der Waals surface area contributed by atoms with Crippen molar-refractivity contribution >= 4 is 32.8 Å². The molecule has 3 aromatic rings. The van der Waals surface area contributed by atoms with Crippen LogP contribution < -0.4 is 5.43 Å². The summed E-state index contributed by atoms with van der Waals surface area (Å²) in [5.41, 5.74) is 1.68. The van der Waals surface area contributed by atoms with E-state index in [0.29, 0.717) is 23.1 Å². The van der Waals surface area contributed by atoms with Crippen LogP contribution in [0.15, 0.2) is 62.2 Å². The minimum Gasteiger partial charge on any atom is -0.450 e. The Morgan fingerprint density at radius 2 is 1.92 bits per heavy atom. The molecule has 0 unspecified atom stereocenters. The van der Waals surface area contributed by atoms with Crippen molar-refractivity contribution in [2.45, 2.75) is 25.8 Å². The van der Waals surface area contributed by atoms with Gasteiger partial charge in [0.15, 0.2) is 5.43 Å². The topological polar surface area (TPSA) is 50.5 Å². The lowest BCUT2D eigenvalue weighted by Gasteiger charge is -2.25. The van der Waals surface area contributed by atoms with Gasteiger partial charge >= 0.3 is 0 Å². The molecule has 1 atom stereocenters. The molecule has 0 radical (unpaired) electrons. The number of carbonyl (C=O) groups excluding carboxylic acids is 1. The first kappa shape index (κ1) is 17.0. The predicted molar refractivity (Wildman–Crippen MR) is 104 cm³/mol. The number of unbranched alkanes of at least 4 members (excludes halogenated alkanes) is 1. The van der Waals surface area contributed by atoms with Gasteiger partial charge in [-0.2, -0.15) is 0 Å². The summed E-state index contributed by atoms with van der Waals surface area (Å²) < 4.78 is 6.80. The predicted octanol–water partition coefficient (Wildman–Crippen LogP) is 4.90. The maximum atomic E-state index is 13.2. The molecule has 4 rings (SSSR count). The van der Waals surface area contributed by atoms with Crippen molar-refractivity contribution in [2.24, 2.45) is 0 Å². The van der Waals surface area contributed by atoms with Crippen LogP contribution in [0.1, 0.15) is 47.5 Å². The van der Waals surface area contributed by atoms with Gasteiger partial charge in [0.25, 0.3) is 5.91 Å². The molecule has 2 aromatic carbocycles. The lowest BCUT2D eigenvalue weighted by molar-refractivity contribution is 0.0725. The minimum absolute atomic E-state index is 0.126. The molecular weight excluding hydrogens is 394 g/mol. The molecular formula is C21H18BrNO3. The summed E-state index contributed by atoms with van der Waals surface area (Å²) >= 11 is 3.49. The third kappa shape index (κ3) is 2.67. The second kappa shape index (κ2) is 6.72. The van der Waals surface area contributed by atoms with Gasteiger partial charge in [0.05, 0.1) is 17.0 Å². The number of fused-ring (bicyclic) bond motifs is 2. The first-order chi connectivity index (χ1) is 12.6. The zero-order valence-electron chi connectivity index (χ0n) is 14.4. The van der Waals surface area contributed by atoms with Crippen LogP contribution in [0, 0.1) is 0 Å². The van der Waals surface area contributed by atoms with Gasteiger partial charge < -0.3 is 9.32 Å². The van der Waals surface area contributed by atoms with E-state index in [-0.39, 0.29) is 17.1 Å². The molecule has 1 amide bonds. The van der Waals surface area contributed by atoms with Crippen LogP contribution in [0.4, 0.5) is 0 Å². The van der Waals surface area contributed by atoms with Gasteiger partial charge in [-0.15, -0.1) is 0 Å². The molecule has 0 spiro atoms. The molecule has 4 nitrogen and oxygen atoms in total. The van der Waals surface area contributed by atoms with Crippen molar-refractivity contribution in [3.63, 3.8) is 0 Å². The highest BCUT2D eigenvalue weighted by atomic mass is 79.9. The summed E-state index contributed by atoms with van der Waals surface area (Å²) in [6, 6.07) is 14.4. The molecule has 2 heterocycles. The van der Waals surface area contributed by atoms with Gasteiger partial charge in [-0.05, 0) is 36.2 Å². The molecule has 1 aliphatic rings. The Balaban J connectivity index is 1.97. The number of halogens is 1. The summed E-state index contributed by atoms with van der Waals surface area (Å²) in [5, 5.41) is 0.511. The van der Waals surface area contributed by atoms with Gasteiger partial charge in [-0.1, -0.05) is 53.5 Å². The van der Waals surface area contributed by atoms with E-state index in [1.54, 1.807) is 23.1 Å². The zero-order chi connectivity index (χ0) is 18.3. The van der Waals surface area contributed by atoms with Gasteiger partial charge in [0.2, 0.25) is 5.76 Å². The molecule has 0 bridgehead atoms. The maximum Gasteiger partial charge on any atom is 0.290 e. The number of rotatable bonds is 4. The van der Waals surface area contributed by atoms with E-state index in [1.165, 1.54) is 0 Å². The van der Waals surface area contributed by atoms with E-state index in [2.05, 4.69) is 22.9 Å². The SMILES string of the molecule is CCCCN1C(=O)c2oc3ccccc3c(=O)c2[C@@H]1c1cccc(Br)c1. The van der Waals surface area contributed by atoms with Crippen LogP contribution in [-0.2, 0) is 0 Å². The molecule has 0 N–H and O–H groups in total. The van der Waals surface area contributed by atoms with Crippen molar-refractivity contribution in [3.05, 3.63) is 80.1 Å². The Labute approximate surface area is 159 Å². The second-order valence-corrected chi connectivity index (χ2v) is 7.40. The fourth-order valence-electron chi connectivity index (χ4n) is 3.55. The standard InChI is InChI=1S/C21H18BrNO3/c1-2-3-11-23-18(13-7-6-8-14(22)12-13)17-19(24)15-9-4-5-10-16(15)26-20(17)21(23)25/h4-10,12,18H,2-3,11H2,1H3/t18-/m0/s1. The Bertz CT molecular complexity index is 1060. The van der Waals surface area contributed by atoms with Crippen LogP contribution in [0.5, 0.6) is 0 Å². The van der Waals surface area contributed by atoms with Crippen LogP contribution in [0.25, 0.3) is 11.0 Å². The summed E-state index contributed by atoms with van der Waals surface area (Å²) in [5.74, 6) is -0.0314. The monoisotopic (exact) mass is 411 g/mol. The number of nitrogens with zero attached hydrogens (tertiary/aromatic N) is 1. The zero-order valence-corrected chi connectivity index (χ0v) is 16.0. The molecule has 26 heavy (non-hydrogen) atoms. The number of amides is 1.